The number of carbonyl (C=O) groups excluding carboxylic acids is 1. The minimum atomic E-state index is -0.0840. The van der Waals surface area contributed by atoms with Crippen LogP contribution in [0.25, 0.3) is 11.0 Å². The van der Waals surface area contributed by atoms with Gasteiger partial charge in [-0.1, -0.05) is 11.6 Å². The van der Waals surface area contributed by atoms with Crippen LogP contribution in [0.15, 0.2) is 22.6 Å². The van der Waals surface area contributed by atoms with E-state index in [2.05, 4.69) is 16.7 Å². The lowest BCUT2D eigenvalue weighted by Gasteiger charge is -2.28. The zero-order chi connectivity index (χ0) is 15.7. The fraction of sp³-hybridized carbons (Fsp3) is 0.500. The van der Waals surface area contributed by atoms with E-state index in [4.69, 9.17) is 4.42 Å². The Balaban J connectivity index is 1.74. The highest BCUT2D eigenvalue weighted by molar-refractivity contribution is 5.99. The molecule has 1 saturated carbocycles. The van der Waals surface area contributed by atoms with E-state index >= 15 is 0 Å². The van der Waals surface area contributed by atoms with Crippen molar-refractivity contribution in [3.63, 3.8) is 0 Å². The van der Waals surface area contributed by atoms with Crippen LogP contribution in [-0.2, 0) is 0 Å². The summed E-state index contributed by atoms with van der Waals surface area (Å²) in [6.45, 7) is 4.00. The number of benzene rings is 1. The van der Waals surface area contributed by atoms with Crippen LogP contribution in [0, 0.1) is 13.8 Å². The molecule has 1 amide bonds. The number of aryl methyl sites for hydroxylation is 2. The summed E-state index contributed by atoms with van der Waals surface area (Å²) in [5.41, 5.74) is 2.89. The van der Waals surface area contributed by atoms with Gasteiger partial charge in [0.05, 0.1) is 0 Å². The van der Waals surface area contributed by atoms with Crippen molar-refractivity contribution in [2.24, 2.45) is 0 Å². The van der Waals surface area contributed by atoms with Gasteiger partial charge in [-0.05, 0) is 58.7 Å². The Morgan fingerprint density at radius 2 is 1.82 bits per heavy atom. The topological polar surface area (TPSA) is 54.3 Å². The van der Waals surface area contributed by atoms with E-state index in [0.717, 1.165) is 42.2 Å². The SMILES string of the molecule is CNC1CCC(NC(=O)c2oc3ccc(C)cc3c2C)CC1. The van der Waals surface area contributed by atoms with Crippen molar-refractivity contribution >= 4 is 16.9 Å². The maximum absolute atomic E-state index is 12.5. The van der Waals surface area contributed by atoms with Crippen molar-refractivity contribution < 1.29 is 9.21 Å². The number of furan rings is 1. The van der Waals surface area contributed by atoms with Crippen LogP contribution in [0.1, 0.15) is 47.4 Å². The number of hydrogen-bond acceptors (Lipinski definition) is 3. The third-order valence-corrected chi connectivity index (χ3v) is 4.77. The molecule has 1 aliphatic carbocycles. The van der Waals surface area contributed by atoms with Gasteiger partial charge in [-0.3, -0.25) is 4.79 Å². The van der Waals surface area contributed by atoms with Crippen LogP contribution >= 0.6 is 0 Å². The largest absolute Gasteiger partial charge is 0.451 e. The van der Waals surface area contributed by atoms with Gasteiger partial charge in [0.25, 0.3) is 5.91 Å². The molecule has 1 aromatic heterocycles. The summed E-state index contributed by atoms with van der Waals surface area (Å²) in [5, 5.41) is 7.48. The van der Waals surface area contributed by atoms with Gasteiger partial charge in [0.15, 0.2) is 5.76 Å². The molecule has 1 aliphatic rings. The first-order valence-electron chi connectivity index (χ1n) is 8.06. The molecule has 22 heavy (non-hydrogen) atoms. The van der Waals surface area contributed by atoms with Crippen molar-refractivity contribution in [1.29, 1.82) is 0 Å². The molecule has 1 aromatic carbocycles. The Labute approximate surface area is 131 Å². The van der Waals surface area contributed by atoms with Crippen LogP contribution in [0.3, 0.4) is 0 Å². The second-order valence-electron chi connectivity index (χ2n) is 6.37. The second kappa shape index (κ2) is 6.13. The van der Waals surface area contributed by atoms with Gasteiger partial charge in [-0.15, -0.1) is 0 Å². The maximum Gasteiger partial charge on any atom is 0.287 e. The molecule has 0 unspecified atom stereocenters. The van der Waals surface area contributed by atoms with Gasteiger partial charge in [-0.2, -0.15) is 0 Å². The van der Waals surface area contributed by atoms with Gasteiger partial charge in [0, 0.05) is 23.0 Å². The lowest BCUT2D eigenvalue weighted by atomic mass is 9.91. The molecule has 4 nitrogen and oxygen atoms in total. The summed E-state index contributed by atoms with van der Waals surface area (Å²) < 4.78 is 5.78. The zero-order valence-electron chi connectivity index (χ0n) is 13.5. The Hall–Kier alpha value is -1.81. The zero-order valence-corrected chi connectivity index (χ0v) is 13.5. The van der Waals surface area contributed by atoms with Crippen molar-refractivity contribution in [3.05, 3.63) is 35.1 Å². The van der Waals surface area contributed by atoms with Crippen LogP contribution < -0.4 is 10.6 Å². The molecular formula is C18H24N2O2. The standard InChI is InChI=1S/C18H24N2O2/c1-11-4-9-16-15(10-11)12(2)17(22-16)18(21)20-14-7-5-13(19-3)6-8-14/h4,9-10,13-14,19H,5-8H2,1-3H3,(H,20,21). The Kier molecular flexibility index (Phi) is 4.21. The van der Waals surface area contributed by atoms with Gasteiger partial charge >= 0.3 is 0 Å². The summed E-state index contributed by atoms with van der Waals surface area (Å²) in [6, 6.07) is 6.86. The number of fused-ring (bicyclic) bond motifs is 1. The molecular weight excluding hydrogens is 276 g/mol. The predicted octanol–water partition coefficient (Wildman–Crippen LogP) is 3.31. The van der Waals surface area contributed by atoms with Crippen molar-refractivity contribution in [1.82, 2.24) is 10.6 Å². The first-order chi connectivity index (χ1) is 10.6. The van der Waals surface area contributed by atoms with Crippen molar-refractivity contribution in [3.8, 4) is 0 Å². The number of rotatable bonds is 3. The summed E-state index contributed by atoms with van der Waals surface area (Å²) in [5.74, 6) is 0.371. The quantitative estimate of drug-likeness (QED) is 0.914. The first kappa shape index (κ1) is 15.1. The van der Waals surface area contributed by atoms with Crippen LogP contribution in [-0.4, -0.2) is 25.0 Å². The Morgan fingerprint density at radius 1 is 1.14 bits per heavy atom. The molecule has 118 valence electrons. The average Bonchev–Trinajstić information content (AvgIpc) is 2.85. The number of hydrogen-bond donors (Lipinski definition) is 2. The van der Waals surface area contributed by atoms with E-state index in [1.807, 2.05) is 33.0 Å². The molecule has 0 bridgehead atoms. The molecule has 3 rings (SSSR count). The normalized spacial score (nSPS) is 22.0. The number of nitrogens with one attached hydrogen (secondary N) is 2. The minimum Gasteiger partial charge on any atom is -0.451 e. The van der Waals surface area contributed by atoms with Crippen LogP contribution in [0.4, 0.5) is 0 Å². The van der Waals surface area contributed by atoms with E-state index < -0.39 is 0 Å². The fourth-order valence-electron chi connectivity index (χ4n) is 3.33. The highest BCUT2D eigenvalue weighted by Crippen LogP contribution is 2.27. The molecule has 0 aliphatic heterocycles. The summed E-state index contributed by atoms with van der Waals surface area (Å²) in [6.07, 6.45) is 4.27. The fourth-order valence-corrected chi connectivity index (χ4v) is 3.33. The summed E-state index contributed by atoms with van der Waals surface area (Å²) in [7, 11) is 2.00. The van der Waals surface area contributed by atoms with E-state index in [1.54, 1.807) is 0 Å². The molecule has 2 N–H and O–H groups in total. The van der Waals surface area contributed by atoms with Crippen LogP contribution in [0.5, 0.6) is 0 Å². The minimum absolute atomic E-state index is 0.0840. The van der Waals surface area contributed by atoms with E-state index in [1.165, 1.54) is 5.56 Å². The predicted molar refractivity (Wildman–Crippen MR) is 88.3 cm³/mol. The molecule has 1 fully saturated rings. The van der Waals surface area contributed by atoms with E-state index in [9.17, 15) is 4.79 Å². The third kappa shape index (κ3) is 2.88. The first-order valence-corrected chi connectivity index (χ1v) is 8.06. The highest BCUT2D eigenvalue weighted by atomic mass is 16.3. The lowest BCUT2D eigenvalue weighted by molar-refractivity contribution is 0.0898. The lowest BCUT2D eigenvalue weighted by Crippen LogP contribution is -2.41. The molecule has 1 heterocycles. The molecule has 4 heteroatoms. The number of amides is 1. The van der Waals surface area contributed by atoms with Crippen LogP contribution in [0.2, 0.25) is 0 Å². The highest BCUT2D eigenvalue weighted by Gasteiger charge is 2.24. The smallest absolute Gasteiger partial charge is 0.287 e. The molecule has 0 atom stereocenters. The summed E-state index contributed by atoms with van der Waals surface area (Å²) >= 11 is 0. The van der Waals surface area contributed by atoms with E-state index in [0.29, 0.717) is 11.8 Å². The molecule has 0 radical (unpaired) electrons. The summed E-state index contributed by atoms with van der Waals surface area (Å²) in [4.78, 5) is 12.5. The van der Waals surface area contributed by atoms with Crippen molar-refractivity contribution in [2.75, 3.05) is 7.05 Å². The molecule has 0 saturated heterocycles. The monoisotopic (exact) mass is 300 g/mol. The Morgan fingerprint density at radius 3 is 2.50 bits per heavy atom. The van der Waals surface area contributed by atoms with Crippen molar-refractivity contribution in [2.45, 2.75) is 51.6 Å². The second-order valence-corrected chi connectivity index (χ2v) is 6.37. The third-order valence-electron chi connectivity index (χ3n) is 4.77. The van der Waals surface area contributed by atoms with Gasteiger partial charge < -0.3 is 15.1 Å². The van der Waals surface area contributed by atoms with Gasteiger partial charge in [0.1, 0.15) is 5.58 Å². The molecule has 2 aromatic rings. The Bertz CT molecular complexity index is 682. The molecule has 0 spiro atoms. The maximum atomic E-state index is 12.5. The average molecular weight is 300 g/mol. The van der Waals surface area contributed by atoms with Gasteiger partial charge in [0.2, 0.25) is 0 Å². The number of carbonyl (C=O) groups is 1. The van der Waals surface area contributed by atoms with Gasteiger partial charge in [-0.25, -0.2) is 0 Å². The van der Waals surface area contributed by atoms with E-state index in [-0.39, 0.29) is 11.9 Å².